The minimum absolute atomic E-state index is 0.0255. The first-order valence-corrected chi connectivity index (χ1v) is 12.7. The molecule has 0 aliphatic carbocycles. The third-order valence-corrected chi connectivity index (χ3v) is 6.86. The van der Waals surface area contributed by atoms with Gasteiger partial charge in [-0.05, 0) is 23.3 Å². The highest BCUT2D eigenvalue weighted by Gasteiger charge is 2.38. The molecule has 39 heavy (non-hydrogen) atoms. The molecule has 2 aliphatic rings. The lowest BCUT2D eigenvalue weighted by molar-refractivity contribution is 0.0698. The van der Waals surface area contributed by atoms with Crippen LogP contribution < -0.4 is 19.9 Å². The first kappa shape index (κ1) is 24.5. The molecule has 1 amide bonds. The molecule has 0 fully saturated rings. The number of hydrogen-bond acceptors (Lipinski definition) is 5. The first-order chi connectivity index (χ1) is 19.1. The third kappa shape index (κ3) is 4.65. The monoisotopic (exact) mass is 523 g/mol. The third-order valence-electron chi connectivity index (χ3n) is 6.86. The molecule has 0 N–H and O–H groups in total. The van der Waals surface area contributed by atoms with Crippen molar-refractivity contribution >= 4 is 5.91 Å². The number of pyridine rings is 1. The molecular weight excluding hydrogens is 497 g/mol. The zero-order chi connectivity index (χ0) is 26.8. The topological polar surface area (TPSA) is 64.0 Å². The smallest absolute Gasteiger partial charge is 0.278 e. The van der Waals surface area contributed by atoms with Crippen molar-refractivity contribution in [3.8, 4) is 11.5 Å². The summed E-state index contributed by atoms with van der Waals surface area (Å²) in [5, 5.41) is 1.93. The van der Waals surface area contributed by atoms with Gasteiger partial charge in [-0.15, -0.1) is 0 Å². The number of rotatable bonds is 4. The highest BCUT2D eigenvalue weighted by molar-refractivity contribution is 5.96. The zero-order valence-corrected chi connectivity index (χ0v) is 21.1. The van der Waals surface area contributed by atoms with E-state index in [0.29, 0.717) is 5.56 Å². The lowest BCUT2D eigenvalue weighted by atomic mass is 9.96. The fourth-order valence-corrected chi connectivity index (χ4v) is 5.03. The van der Waals surface area contributed by atoms with Gasteiger partial charge in [0.05, 0.1) is 0 Å². The molecule has 0 saturated heterocycles. The quantitative estimate of drug-likeness (QED) is 0.364. The molecular formula is C31H26FN3O4. The minimum atomic E-state index is -0.547. The Morgan fingerprint density at radius 1 is 0.897 bits per heavy atom. The normalized spacial score (nSPS) is 17.4. The standard InChI is InChI=1S/C31H26FN3O4/c32-25-15-9-14-24-27(23-12-5-2-6-13-23)35-21-33(17-7-8-19-38-29(24)25)31(37)28-30(26(36)16-18-34(28)35)39-20-22-10-3-1-4-11-22/h1-16,18,27H,17,19-21H2/b8-7-/t27-/m0/s1. The molecule has 2 aliphatic heterocycles. The molecule has 0 saturated carbocycles. The van der Waals surface area contributed by atoms with Gasteiger partial charge in [-0.1, -0.05) is 78.9 Å². The Bertz CT molecular complexity index is 1590. The fourth-order valence-electron chi connectivity index (χ4n) is 5.03. The summed E-state index contributed by atoms with van der Waals surface area (Å²) in [7, 11) is 0. The number of halogens is 1. The molecule has 2 bridgehead atoms. The van der Waals surface area contributed by atoms with Crippen LogP contribution in [0, 0.1) is 5.82 Å². The minimum Gasteiger partial charge on any atom is -0.486 e. The van der Waals surface area contributed by atoms with Gasteiger partial charge in [0.2, 0.25) is 5.43 Å². The van der Waals surface area contributed by atoms with Gasteiger partial charge >= 0.3 is 0 Å². The Balaban J connectivity index is 1.55. The van der Waals surface area contributed by atoms with Crippen molar-refractivity contribution in [3.63, 3.8) is 0 Å². The largest absolute Gasteiger partial charge is 0.486 e. The summed E-state index contributed by atoms with van der Waals surface area (Å²) in [6.45, 7) is 0.741. The molecule has 196 valence electrons. The van der Waals surface area contributed by atoms with Crippen molar-refractivity contribution in [2.24, 2.45) is 0 Å². The summed E-state index contributed by atoms with van der Waals surface area (Å²) in [5.41, 5.74) is 2.07. The number of carbonyl (C=O) groups excluding carboxylic acids is 1. The summed E-state index contributed by atoms with van der Waals surface area (Å²) >= 11 is 0. The highest BCUT2D eigenvalue weighted by Crippen LogP contribution is 2.38. The average Bonchev–Trinajstić information content (AvgIpc) is 2.99. The molecule has 1 aromatic heterocycles. The summed E-state index contributed by atoms with van der Waals surface area (Å²) in [4.78, 5) is 28.6. The van der Waals surface area contributed by atoms with Crippen LogP contribution in [-0.2, 0) is 6.61 Å². The predicted molar refractivity (Wildman–Crippen MR) is 145 cm³/mol. The van der Waals surface area contributed by atoms with Crippen molar-refractivity contribution in [1.82, 2.24) is 9.58 Å². The number of carbonyl (C=O) groups is 1. The maximum atomic E-state index is 15.2. The second kappa shape index (κ2) is 10.5. The Morgan fingerprint density at radius 2 is 1.67 bits per heavy atom. The van der Waals surface area contributed by atoms with Crippen molar-refractivity contribution in [2.45, 2.75) is 12.6 Å². The molecule has 7 nitrogen and oxygen atoms in total. The van der Waals surface area contributed by atoms with Gasteiger partial charge in [0.1, 0.15) is 25.9 Å². The highest BCUT2D eigenvalue weighted by atomic mass is 19.1. The van der Waals surface area contributed by atoms with Crippen molar-refractivity contribution in [1.29, 1.82) is 0 Å². The molecule has 3 heterocycles. The van der Waals surface area contributed by atoms with Crippen LogP contribution in [-0.4, -0.2) is 35.3 Å². The van der Waals surface area contributed by atoms with E-state index in [1.54, 1.807) is 34.0 Å². The van der Waals surface area contributed by atoms with E-state index < -0.39 is 17.3 Å². The number of para-hydroxylation sites is 1. The Hall–Kier alpha value is -4.85. The summed E-state index contributed by atoms with van der Waals surface area (Å²) < 4.78 is 28.8. The zero-order valence-electron chi connectivity index (χ0n) is 21.1. The average molecular weight is 524 g/mol. The lowest BCUT2D eigenvalue weighted by Crippen LogP contribution is -2.55. The van der Waals surface area contributed by atoms with E-state index in [-0.39, 0.29) is 49.5 Å². The van der Waals surface area contributed by atoms with E-state index in [1.165, 1.54) is 12.1 Å². The number of hydrogen-bond donors (Lipinski definition) is 0. The molecule has 0 unspecified atom stereocenters. The van der Waals surface area contributed by atoms with Gasteiger partial charge in [-0.3, -0.25) is 19.3 Å². The summed E-state index contributed by atoms with van der Waals surface area (Å²) in [6, 6.07) is 24.8. The lowest BCUT2D eigenvalue weighted by Gasteiger charge is -2.44. The number of aromatic nitrogens is 1. The van der Waals surface area contributed by atoms with Gasteiger partial charge in [0.15, 0.2) is 23.0 Å². The van der Waals surface area contributed by atoms with Crippen LogP contribution in [0.5, 0.6) is 11.5 Å². The van der Waals surface area contributed by atoms with Gasteiger partial charge in [0, 0.05) is 24.4 Å². The first-order valence-electron chi connectivity index (χ1n) is 12.7. The maximum Gasteiger partial charge on any atom is 0.278 e. The van der Waals surface area contributed by atoms with E-state index in [0.717, 1.165) is 11.1 Å². The van der Waals surface area contributed by atoms with Crippen LogP contribution in [0.25, 0.3) is 0 Å². The predicted octanol–water partition coefficient (Wildman–Crippen LogP) is 4.66. The van der Waals surface area contributed by atoms with Crippen molar-refractivity contribution in [2.75, 3.05) is 24.8 Å². The second-order valence-corrected chi connectivity index (χ2v) is 9.34. The molecule has 1 atom stereocenters. The van der Waals surface area contributed by atoms with Crippen LogP contribution in [0.4, 0.5) is 4.39 Å². The molecule has 6 rings (SSSR count). The van der Waals surface area contributed by atoms with Crippen LogP contribution in [0.2, 0.25) is 0 Å². The molecule has 3 aromatic carbocycles. The Kier molecular flexibility index (Phi) is 6.59. The van der Waals surface area contributed by atoms with Crippen LogP contribution in [0.3, 0.4) is 0 Å². The van der Waals surface area contributed by atoms with Crippen LogP contribution in [0.15, 0.2) is 108 Å². The van der Waals surface area contributed by atoms with Gasteiger partial charge in [0.25, 0.3) is 5.91 Å². The van der Waals surface area contributed by atoms with E-state index in [9.17, 15) is 9.59 Å². The Morgan fingerprint density at radius 3 is 2.46 bits per heavy atom. The van der Waals surface area contributed by atoms with Crippen LogP contribution in [0.1, 0.15) is 33.2 Å². The second-order valence-electron chi connectivity index (χ2n) is 9.34. The van der Waals surface area contributed by atoms with E-state index in [1.807, 2.05) is 71.7 Å². The SMILES string of the molecule is O=C1c2c(OCc3ccccc3)c(=O)ccn2N2CN1C/C=C\COc1c(F)cccc1[C@@H]2c1ccccc1. The van der Waals surface area contributed by atoms with E-state index in [4.69, 9.17) is 9.47 Å². The van der Waals surface area contributed by atoms with Crippen molar-refractivity contribution < 1.29 is 18.7 Å². The number of nitrogens with zero attached hydrogens (tertiary/aromatic N) is 3. The molecule has 0 radical (unpaired) electrons. The van der Waals surface area contributed by atoms with Crippen molar-refractivity contribution in [3.05, 3.63) is 142 Å². The number of ether oxygens (including phenoxy) is 2. The Labute approximate surface area is 224 Å². The van der Waals surface area contributed by atoms with Crippen LogP contribution >= 0.6 is 0 Å². The number of fused-ring (bicyclic) bond motifs is 5. The maximum absolute atomic E-state index is 15.2. The van der Waals surface area contributed by atoms with Gasteiger partial charge in [-0.25, -0.2) is 4.39 Å². The molecule has 0 spiro atoms. The summed E-state index contributed by atoms with van der Waals surface area (Å²) in [6.07, 6.45) is 5.14. The van der Waals surface area contributed by atoms with E-state index >= 15 is 4.39 Å². The molecule has 8 heteroatoms. The summed E-state index contributed by atoms with van der Waals surface area (Å²) in [5.74, 6) is -0.687. The van der Waals surface area contributed by atoms with Gasteiger partial charge < -0.3 is 14.4 Å². The number of amides is 1. The van der Waals surface area contributed by atoms with Gasteiger partial charge in [-0.2, -0.15) is 0 Å². The number of benzene rings is 3. The van der Waals surface area contributed by atoms with E-state index in [2.05, 4.69) is 0 Å². The fraction of sp³-hybridized carbons (Fsp3) is 0.161. The molecule has 4 aromatic rings.